The molecule has 1 fully saturated rings. The van der Waals surface area contributed by atoms with Gasteiger partial charge in [-0.25, -0.2) is 0 Å². The summed E-state index contributed by atoms with van der Waals surface area (Å²) in [5.74, 6) is -0.226. The lowest BCUT2D eigenvalue weighted by Crippen LogP contribution is -2.36. The molecule has 1 aromatic rings. The SMILES string of the molecule is CC1(O)CCCN(C(=O)CCNC(=O)c2ccoc2)CC1. The average Bonchev–Trinajstić information content (AvgIpc) is 2.90. The zero-order chi connectivity index (χ0) is 15.3. The maximum atomic E-state index is 12.1. The topological polar surface area (TPSA) is 82.8 Å². The number of hydrogen-bond acceptors (Lipinski definition) is 4. The summed E-state index contributed by atoms with van der Waals surface area (Å²) in [6.07, 6.45) is 5.19. The van der Waals surface area contributed by atoms with Crippen LogP contribution in [-0.4, -0.2) is 47.1 Å². The zero-order valence-electron chi connectivity index (χ0n) is 12.3. The average molecular weight is 294 g/mol. The number of aliphatic hydroxyl groups is 1. The predicted octanol–water partition coefficient (Wildman–Crippen LogP) is 1.16. The number of nitrogens with zero attached hydrogens (tertiary/aromatic N) is 1. The number of likely N-dealkylation sites (tertiary alicyclic amines) is 1. The number of amides is 2. The first-order chi connectivity index (χ1) is 9.98. The Morgan fingerprint density at radius 2 is 2.24 bits per heavy atom. The van der Waals surface area contributed by atoms with Crippen LogP contribution in [0.3, 0.4) is 0 Å². The van der Waals surface area contributed by atoms with E-state index in [1.807, 2.05) is 6.92 Å². The summed E-state index contributed by atoms with van der Waals surface area (Å²) >= 11 is 0. The lowest BCUT2D eigenvalue weighted by molar-refractivity contribution is -0.131. The predicted molar refractivity (Wildman–Crippen MR) is 76.7 cm³/mol. The second-order valence-corrected chi connectivity index (χ2v) is 5.75. The highest BCUT2D eigenvalue weighted by Gasteiger charge is 2.26. The zero-order valence-corrected chi connectivity index (χ0v) is 12.3. The van der Waals surface area contributed by atoms with Crippen molar-refractivity contribution in [1.29, 1.82) is 0 Å². The summed E-state index contributed by atoms with van der Waals surface area (Å²) in [5, 5.41) is 12.7. The number of hydrogen-bond donors (Lipinski definition) is 2. The van der Waals surface area contributed by atoms with Crippen molar-refractivity contribution < 1.29 is 19.1 Å². The Bertz CT molecular complexity index is 482. The molecule has 1 unspecified atom stereocenters. The Morgan fingerprint density at radius 3 is 2.95 bits per heavy atom. The van der Waals surface area contributed by atoms with Crippen LogP contribution in [0.15, 0.2) is 23.0 Å². The van der Waals surface area contributed by atoms with E-state index in [-0.39, 0.29) is 18.2 Å². The Kier molecular flexibility index (Phi) is 5.01. The third-order valence-corrected chi connectivity index (χ3v) is 3.82. The fourth-order valence-electron chi connectivity index (χ4n) is 2.45. The molecular weight excluding hydrogens is 272 g/mol. The van der Waals surface area contributed by atoms with Gasteiger partial charge in [-0.05, 0) is 32.3 Å². The van der Waals surface area contributed by atoms with Gasteiger partial charge in [-0.2, -0.15) is 0 Å². The van der Waals surface area contributed by atoms with E-state index in [1.54, 1.807) is 11.0 Å². The highest BCUT2D eigenvalue weighted by atomic mass is 16.3. The second-order valence-electron chi connectivity index (χ2n) is 5.75. The minimum Gasteiger partial charge on any atom is -0.472 e. The monoisotopic (exact) mass is 294 g/mol. The molecule has 116 valence electrons. The van der Waals surface area contributed by atoms with Crippen molar-refractivity contribution >= 4 is 11.8 Å². The highest BCUT2D eigenvalue weighted by molar-refractivity contribution is 5.94. The molecule has 0 aliphatic carbocycles. The van der Waals surface area contributed by atoms with E-state index < -0.39 is 5.60 Å². The molecule has 0 bridgehead atoms. The molecule has 1 saturated heterocycles. The Morgan fingerprint density at radius 1 is 1.43 bits per heavy atom. The molecular formula is C15H22N2O4. The van der Waals surface area contributed by atoms with Crippen LogP contribution < -0.4 is 5.32 Å². The van der Waals surface area contributed by atoms with Crippen LogP contribution in [0.2, 0.25) is 0 Å². The standard InChI is InChI=1S/C15H22N2O4/c1-15(20)5-2-8-17(9-6-15)13(18)3-7-16-14(19)12-4-10-21-11-12/h4,10-11,20H,2-3,5-9H2,1H3,(H,16,19). The molecule has 2 heterocycles. The van der Waals surface area contributed by atoms with Crippen molar-refractivity contribution in [3.05, 3.63) is 24.2 Å². The molecule has 2 N–H and O–H groups in total. The van der Waals surface area contributed by atoms with Gasteiger partial charge < -0.3 is 19.7 Å². The molecule has 6 nitrogen and oxygen atoms in total. The van der Waals surface area contributed by atoms with Crippen LogP contribution in [0, 0.1) is 0 Å². The normalized spacial score (nSPS) is 22.7. The summed E-state index contributed by atoms with van der Waals surface area (Å²) in [6, 6.07) is 1.58. The van der Waals surface area contributed by atoms with Crippen LogP contribution in [0.4, 0.5) is 0 Å². The Labute approximate surface area is 124 Å². The maximum absolute atomic E-state index is 12.1. The van der Waals surface area contributed by atoms with E-state index >= 15 is 0 Å². The van der Waals surface area contributed by atoms with Crippen molar-refractivity contribution in [2.75, 3.05) is 19.6 Å². The van der Waals surface area contributed by atoms with Gasteiger partial charge in [-0.15, -0.1) is 0 Å². The largest absolute Gasteiger partial charge is 0.472 e. The van der Waals surface area contributed by atoms with Gasteiger partial charge in [0, 0.05) is 26.1 Å². The van der Waals surface area contributed by atoms with E-state index in [0.717, 1.165) is 6.42 Å². The van der Waals surface area contributed by atoms with E-state index in [1.165, 1.54) is 12.5 Å². The lowest BCUT2D eigenvalue weighted by Gasteiger charge is -2.22. The van der Waals surface area contributed by atoms with Gasteiger partial charge in [0.2, 0.25) is 5.91 Å². The maximum Gasteiger partial charge on any atom is 0.254 e. The van der Waals surface area contributed by atoms with Crippen molar-refractivity contribution in [1.82, 2.24) is 10.2 Å². The van der Waals surface area contributed by atoms with Gasteiger partial charge in [-0.3, -0.25) is 9.59 Å². The number of nitrogens with one attached hydrogen (secondary N) is 1. The second kappa shape index (κ2) is 6.76. The van der Waals surface area contributed by atoms with Crippen molar-refractivity contribution in [2.24, 2.45) is 0 Å². The molecule has 0 spiro atoms. The molecule has 2 rings (SSSR count). The molecule has 0 saturated carbocycles. The van der Waals surface area contributed by atoms with E-state index in [4.69, 9.17) is 4.42 Å². The van der Waals surface area contributed by atoms with Crippen LogP contribution >= 0.6 is 0 Å². The molecule has 1 atom stereocenters. The number of furan rings is 1. The summed E-state index contributed by atoms with van der Waals surface area (Å²) in [5.41, 5.74) is -0.224. The summed E-state index contributed by atoms with van der Waals surface area (Å²) in [6.45, 7) is 3.36. The van der Waals surface area contributed by atoms with Crippen molar-refractivity contribution in [3.63, 3.8) is 0 Å². The summed E-state index contributed by atoms with van der Waals surface area (Å²) in [4.78, 5) is 25.5. The number of carbonyl (C=O) groups excluding carboxylic acids is 2. The van der Waals surface area contributed by atoms with E-state index in [0.29, 0.717) is 38.0 Å². The fourth-order valence-corrected chi connectivity index (χ4v) is 2.45. The molecule has 0 aromatic carbocycles. The number of carbonyl (C=O) groups is 2. The van der Waals surface area contributed by atoms with Gasteiger partial charge in [0.1, 0.15) is 6.26 Å². The fraction of sp³-hybridized carbons (Fsp3) is 0.600. The molecule has 1 aliphatic heterocycles. The molecule has 2 amide bonds. The van der Waals surface area contributed by atoms with Gasteiger partial charge in [0.15, 0.2) is 0 Å². The highest BCUT2D eigenvalue weighted by Crippen LogP contribution is 2.21. The third-order valence-electron chi connectivity index (χ3n) is 3.82. The first-order valence-corrected chi connectivity index (χ1v) is 7.28. The summed E-state index contributed by atoms with van der Waals surface area (Å²) in [7, 11) is 0. The van der Waals surface area contributed by atoms with Gasteiger partial charge in [-0.1, -0.05) is 0 Å². The lowest BCUT2D eigenvalue weighted by atomic mass is 9.98. The van der Waals surface area contributed by atoms with E-state index in [9.17, 15) is 14.7 Å². The molecule has 1 aliphatic rings. The molecule has 6 heteroatoms. The Hall–Kier alpha value is -1.82. The van der Waals surface area contributed by atoms with Crippen LogP contribution in [0.1, 0.15) is 43.0 Å². The van der Waals surface area contributed by atoms with Gasteiger partial charge in [0.25, 0.3) is 5.91 Å². The van der Waals surface area contributed by atoms with Crippen LogP contribution in [0.5, 0.6) is 0 Å². The summed E-state index contributed by atoms with van der Waals surface area (Å²) < 4.78 is 4.83. The minimum absolute atomic E-state index is 0.0141. The van der Waals surface area contributed by atoms with Gasteiger partial charge >= 0.3 is 0 Å². The van der Waals surface area contributed by atoms with Crippen LogP contribution in [-0.2, 0) is 4.79 Å². The van der Waals surface area contributed by atoms with Gasteiger partial charge in [0.05, 0.1) is 17.4 Å². The minimum atomic E-state index is -0.676. The number of rotatable bonds is 4. The van der Waals surface area contributed by atoms with Crippen molar-refractivity contribution in [2.45, 2.75) is 38.2 Å². The molecule has 1 aromatic heterocycles. The smallest absolute Gasteiger partial charge is 0.254 e. The third kappa shape index (κ3) is 4.60. The first kappa shape index (κ1) is 15.6. The first-order valence-electron chi connectivity index (χ1n) is 7.28. The molecule has 0 radical (unpaired) electrons. The van der Waals surface area contributed by atoms with E-state index in [2.05, 4.69) is 5.32 Å². The van der Waals surface area contributed by atoms with Crippen molar-refractivity contribution in [3.8, 4) is 0 Å². The quantitative estimate of drug-likeness (QED) is 0.873. The molecule has 21 heavy (non-hydrogen) atoms. The Balaban J connectivity index is 1.73. The van der Waals surface area contributed by atoms with Crippen LogP contribution in [0.25, 0.3) is 0 Å².